The van der Waals surface area contributed by atoms with E-state index < -0.39 is 24.1 Å². The topological polar surface area (TPSA) is 72.6 Å². The number of nitro benzene ring substituents is 1. The first-order valence-electron chi connectivity index (χ1n) is 4.79. The van der Waals surface area contributed by atoms with Crippen LogP contribution in [-0.2, 0) is 0 Å². The SMILES string of the molecule is C[C@@H](O)c1cc([N+](=O)[O-])ccc1OCC(F)F. The van der Waals surface area contributed by atoms with Gasteiger partial charge in [-0.1, -0.05) is 0 Å². The summed E-state index contributed by atoms with van der Waals surface area (Å²) in [4.78, 5) is 9.88. The van der Waals surface area contributed by atoms with E-state index in [1.54, 1.807) is 0 Å². The van der Waals surface area contributed by atoms with E-state index in [4.69, 9.17) is 4.74 Å². The lowest BCUT2D eigenvalue weighted by Crippen LogP contribution is -2.09. The predicted octanol–water partition coefficient (Wildman–Crippen LogP) is 2.29. The molecule has 0 amide bonds. The largest absolute Gasteiger partial charge is 0.487 e. The number of nitro groups is 1. The van der Waals surface area contributed by atoms with Crippen LogP contribution in [0.4, 0.5) is 14.5 Å². The standard InChI is InChI=1S/C10H11F2NO4/c1-6(14)8-4-7(13(15)16)2-3-9(8)17-5-10(11)12/h2-4,6,10,14H,5H2,1H3/t6-/m1/s1. The van der Waals surface area contributed by atoms with Gasteiger partial charge < -0.3 is 9.84 Å². The highest BCUT2D eigenvalue weighted by Gasteiger charge is 2.16. The molecule has 0 aromatic heterocycles. The molecular weight excluding hydrogens is 236 g/mol. The van der Waals surface area contributed by atoms with Crippen molar-refractivity contribution in [2.75, 3.05) is 6.61 Å². The third kappa shape index (κ3) is 3.63. The number of rotatable bonds is 5. The van der Waals surface area contributed by atoms with Crippen molar-refractivity contribution >= 4 is 5.69 Å². The van der Waals surface area contributed by atoms with E-state index in [0.717, 1.165) is 12.1 Å². The number of ether oxygens (including phenoxy) is 1. The fraction of sp³-hybridized carbons (Fsp3) is 0.400. The number of aliphatic hydroxyl groups is 1. The molecule has 1 N–H and O–H groups in total. The zero-order valence-electron chi connectivity index (χ0n) is 8.97. The molecule has 1 rings (SSSR count). The minimum Gasteiger partial charge on any atom is -0.487 e. The second kappa shape index (κ2) is 5.53. The summed E-state index contributed by atoms with van der Waals surface area (Å²) in [6, 6.07) is 3.43. The fourth-order valence-electron chi connectivity index (χ4n) is 1.26. The normalized spacial score (nSPS) is 12.5. The Balaban J connectivity index is 3.00. The molecule has 0 aliphatic carbocycles. The molecule has 0 saturated carbocycles. The molecule has 0 aliphatic rings. The van der Waals surface area contributed by atoms with E-state index in [2.05, 4.69) is 0 Å². The highest BCUT2D eigenvalue weighted by Crippen LogP contribution is 2.29. The Bertz CT molecular complexity index is 409. The van der Waals surface area contributed by atoms with Crippen LogP contribution in [0.2, 0.25) is 0 Å². The smallest absolute Gasteiger partial charge is 0.272 e. The van der Waals surface area contributed by atoms with Crippen molar-refractivity contribution in [2.24, 2.45) is 0 Å². The molecule has 17 heavy (non-hydrogen) atoms. The highest BCUT2D eigenvalue weighted by atomic mass is 19.3. The number of hydrogen-bond acceptors (Lipinski definition) is 4. The Labute approximate surface area is 95.8 Å². The van der Waals surface area contributed by atoms with Crippen LogP contribution in [0.1, 0.15) is 18.6 Å². The number of halogens is 2. The lowest BCUT2D eigenvalue weighted by Gasteiger charge is -2.12. The zero-order chi connectivity index (χ0) is 13.0. The molecule has 0 aliphatic heterocycles. The first kappa shape index (κ1) is 13.3. The van der Waals surface area contributed by atoms with Crippen molar-refractivity contribution in [3.05, 3.63) is 33.9 Å². The van der Waals surface area contributed by atoms with Gasteiger partial charge in [0.1, 0.15) is 12.4 Å². The Morgan fingerprint density at radius 2 is 2.18 bits per heavy atom. The Morgan fingerprint density at radius 3 is 2.65 bits per heavy atom. The lowest BCUT2D eigenvalue weighted by atomic mass is 10.1. The molecule has 1 aromatic carbocycles. The summed E-state index contributed by atoms with van der Waals surface area (Å²) in [6.45, 7) is 0.547. The van der Waals surface area contributed by atoms with Crippen LogP contribution in [0, 0.1) is 10.1 Å². The molecule has 94 valence electrons. The van der Waals surface area contributed by atoms with E-state index in [0.29, 0.717) is 0 Å². The fourth-order valence-corrected chi connectivity index (χ4v) is 1.26. The number of hydrogen-bond donors (Lipinski definition) is 1. The molecule has 5 nitrogen and oxygen atoms in total. The van der Waals surface area contributed by atoms with Gasteiger partial charge in [0.05, 0.1) is 11.0 Å². The van der Waals surface area contributed by atoms with Crippen LogP contribution < -0.4 is 4.74 Å². The summed E-state index contributed by atoms with van der Waals surface area (Å²) >= 11 is 0. The number of nitrogens with zero attached hydrogens (tertiary/aromatic N) is 1. The first-order chi connectivity index (χ1) is 7.91. The average Bonchev–Trinajstić information content (AvgIpc) is 2.25. The van der Waals surface area contributed by atoms with Crippen LogP contribution in [0.25, 0.3) is 0 Å². The summed E-state index contributed by atoms with van der Waals surface area (Å²) in [5.74, 6) is 0.0194. The van der Waals surface area contributed by atoms with Gasteiger partial charge in [0, 0.05) is 17.7 Å². The summed E-state index contributed by atoms with van der Waals surface area (Å²) < 4.78 is 28.7. The zero-order valence-corrected chi connectivity index (χ0v) is 8.97. The van der Waals surface area contributed by atoms with Gasteiger partial charge in [-0.3, -0.25) is 10.1 Å². The maximum atomic E-state index is 12.0. The molecule has 1 atom stereocenters. The third-order valence-electron chi connectivity index (χ3n) is 2.02. The molecule has 0 radical (unpaired) electrons. The maximum absolute atomic E-state index is 12.0. The number of benzene rings is 1. The second-order valence-electron chi connectivity index (χ2n) is 3.36. The molecule has 0 unspecified atom stereocenters. The van der Waals surface area contributed by atoms with Gasteiger partial charge in [-0.05, 0) is 13.0 Å². The van der Waals surface area contributed by atoms with Gasteiger partial charge in [-0.25, -0.2) is 8.78 Å². The van der Waals surface area contributed by atoms with E-state index >= 15 is 0 Å². The summed E-state index contributed by atoms with van der Waals surface area (Å²) in [5.41, 5.74) is -0.120. The summed E-state index contributed by atoms with van der Waals surface area (Å²) in [5, 5.41) is 19.9. The van der Waals surface area contributed by atoms with Gasteiger partial charge in [0.2, 0.25) is 0 Å². The van der Waals surface area contributed by atoms with Crippen molar-refractivity contribution in [2.45, 2.75) is 19.5 Å². The molecule has 0 fully saturated rings. The van der Waals surface area contributed by atoms with Crippen molar-refractivity contribution < 1.29 is 23.5 Å². The van der Waals surface area contributed by atoms with Crippen molar-refractivity contribution in [3.8, 4) is 5.75 Å². The van der Waals surface area contributed by atoms with Crippen molar-refractivity contribution in [1.29, 1.82) is 0 Å². The molecule has 0 saturated heterocycles. The minimum absolute atomic E-state index is 0.0194. The van der Waals surface area contributed by atoms with Gasteiger partial charge in [-0.2, -0.15) is 0 Å². The van der Waals surface area contributed by atoms with E-state index in [-0.39, 0.29) is 17.0 Å². The lowest BCUT2D eigenvalue weighted by molar-refractivity contribution is -0.385. The maximum Gasteiger partial charge on any atom is 0.272 e. The van der Waals surface area contributed by atoms with Crippen molar-refractivity contribution in [1.82, 2.24) is 0 Å². The molecular formula is C10H11F2NO4. The average molecular weight is 247 g/mol. The third-order valence-corrected chi connectivity index (χ3v) is 2.02. The molecule has 7 heteroatoms. The van der Waals surface area contributed by atoms with Crippen LogP contribution in [-0.4, -0.2) is 23.1 Å². The van der Waals surface area contributed by atoms with E-state index in [1.807, 2.05) is 0 Å². The highest BCUT2D eigenvalue weighted by molar-refractivity contribution is 5.44. The molecule has 1 aromatic rings. The van der Waals surface area contributed by atoms with Crippen LogP contribution in [0.15, 0.2) is 18.2 Å². The quantitative estimate of drug-likeness (QED) is 0.640. The van der Waals surface area contributed by atoms with Gasteiger partial charge in [-0.15, -0.1) is 0 Å². The monoisotopic (exact) mass is 247 g/mol. The minimum atomic E-state index is -2.65. The van der Waals surface area contributed by atoms with Crippen LogP contribution in [0.3, 0.4) is 0 Å². The molecule has 0 spiro atoms. The van der Waals surface area contributed by atoms with Gasteiger partial charge in [0.25, 0.3) is 12.1 Å². The molecule has 0 heterocycles. The van der Waals surface area contributed by atoms with Crippen molar-refractivity contribution in [3.63, 3.8) is 0 Å². The van der Waals surface area contributed by atoms with Crippen LogP contribution in [0.5, 0.6) is 5.75 Å². The number of non-ortho nitro benzene ring substituents is 1. The van der Waals surface area contributed by atoms with E-state index in [9.17, 15) is 24.0 Å². The van der Waals surface area contributed by atoms with E-state index in [1.165, 1.54) is 13.0 Å². The predicted molar refractivity (Wildman–Crippen MR) is 55.2 cm³/mol. The van der Waals surface area contributed by atoms with Crippen LogP contribution >= 0.6 is 0 Å². The summed E-state index contributed by atoms with van der Waals surface area (Å²) in [6.07, 6.45) is -3.69. The van der Waals surface area contributed by atoms with Gasteiger partial charge >= 0.3 is 0 Å². The first-order valence-corrected chi connectivity index (χ1v) is 4.79. The Hall–Kier alpha value is -1.76. The summed E-state index contributed by atoms with van der Waals surface area (Å²) in [7, 11) is 0. The van der Waals surface area contributed by atoms with Gasteiger partial charge in [0.15, 0.2) is 0 Å². The Kier molecular flexibility index (Phi) is 4.33. The number of aliphatic hydroxyl groups excluding tert-OH is 1. The second-order valence-corrected chi connectivity index (χ2v) is 3.36. The Morgan fingerprint density at radius 1 is 1.53 bits per heavy atom. The molecule has 0 bridgehead atoms. The number of alkyl halides is 2.